The van der Waals surface area contributed by atoms with Gasteiger partial charge in [0.1, 0.15) is 5.41 Å². The fourth-order valence-corrected chi connectivity index (χ4v) is 2.94. The Morgan fingerprint density at radius 1 is 0.880 bits per heavy atom. The van der Waals surface area contributed by atoms with Crippen molar-refractivity contribution in [2.24, 2.45) is 22.2 Å². The topological polar surface area (TPSA) is 138 Å². The van der Waals surface area contributed by atoms with Gasteiger partial charge in [-0.15, -0.1) is 0 Å². The normalized spacial score (nSPS) is 17.1. The third kappa shape index (κ3) is 4.93. The van der Waals surface area contributed by atoms with E-state index < -0.39 is 58.6 Å². The molecule has 25 heavy (non-hydrogen) atoms. The third-order valence-electron chi connectivity index (χ3n) is 4.55. The molecule has 0 aliphatic carbocycles. The maximum atomic E-state index is 12.2. The summed E-state index contributed by atoms with van der Waals surface area (Å²) in [6.45, 7) is 10.3. The van der Waals surface area contributed by atoms with E-state index in [1.54, 1.807) is 20.8 Å². The molecule has 0 spiro atoms. The van der Waals surface area contributed by atoms with Gasteiger partial charge in [0.2, 0.25) is 6.10 Å². The summed E-state index contributed by atoms with van der Waals surface area (Å²) >= 11 is 0. The maximum Gasteiger partial charge on any atom is 0.346 e. The summed E-state index contributed by atoms with van der Waals surface area (Å²) in [4.78, 5) is 47.1. The van der Waals surface area contributed by atoms with Crippen molar-refractivity contribution in [1.82, 2.24) is 0 Å². The molecule has 8 heteroatoms. The molecule has 0 fully saturated rings. The SMILES string of the molecule is CC(=O)OC(C(=O)O)C(CC(C(=O)O)C(C)(C)C)(C(=O)O)C(C)(C)C. The van der Waals surface area contributed by atoms with Gasteiger partial charge in [-0.1, -0.05) is 41.5 Å². The van der Waals surface area contributed by atoms with Gasteiger partial charge in [-0.3, -0.25) is 14.4 Å². The van der Waals surface area contributed by atoms with Crippen LogP contribution in [0.4, 0.5) is 0 Å². The third-order valence-corrected chi connectivity index (χ3v) is 4.55. The summed E-state index contributed by atoms with van der Waals surface area (Å²) < 4.78 is 4.85. The highest BCUT2D eigenvalue weighted by molar-refractivity contribution is 5.88. The van der Waals surface area contributed by atoms with Crippen LogP contribution in [0.5, 0.6) is 0 Å². The van der Waals surface area contributed by atoms with E-state index in [1.165, 1.54) is 20.8 Å². The molecule has 0 saturated carbocycles. The lowest BCUT2D eigenvalue weighted by molar-refractivity contribution is -0.196. The summed E-state index contributed by atoms with van der Waals surface area (Å²) in [6.07, 6.45) is -2.53. The first kappa shape index (κ1) is 22.9. The van der Waals surface area contributed by atoms with Crippen molar-refractivity contribution < 1.29 is 39.2 Å². The van der Waals surface area contributed by atoms with Crippen LogP contribution in [0.25, 0.3) is 0 Å². The number of carboxylic acids is 3. The van der Waals surface area contributed by atoms with Gasteiger partial charge in [0.15, 0.2) is 0 Å². The highest BCUT2D eigenvalue weighted by Crippen LogP contribution is 2.50. The first-order valence-electron chi connectivity index (χ1n) is 7.84. The lowest BCUT2D eigenvalue weighted by Gasteiger charge is -2.46. The Balaban J connectivity index is 6.60. The smallest absolute Gasteiger partial charge is 0.346 e. The van der Waals surface area contributed by atoms with E-state index >= 15 is 0 Å². The second-order valence-corrected chi connectivity index (χ2v) is 8.32. The molecule has 0 aromatic rings. The Kier molecular flexibility index (Phi) is 6.78. The van der Waals surface area contributed by atoms with Gasteiger partial charge < -0.3 is 20.1 Å². The lowest BCUT2D eigenvalue weighted by atomic mass is 9.57. The van der Waals surface area contributed by atoms with Gasteiger partial charge in [-0.25, -0.2) is 4.79 Å². The number of hydrogen-bond donors (Lipinski definition) is 3. The number of carboxylic acid groups (broad SMARTS) is 3. The highest BCUT2D eigenvalue weighted by Gasteiger charge is 2.61. The summed E-state index contributed by atoms with van der Waals surface area (Å²) in [5, 5.41) is 29.1. The molecule has 0 saturated heterocycles. The highest BCUT2D eigenvalue weighted by atomic mass is 16.6. The monoisotopic (exact) mass is 360 g/mol. The van der Waals surface area contributed by atoms with Gasteiger partial charge in [-0.05, 0) is 17.3 Å². The summed E-state index contributed by atoms with van der Waals surface area (Å²) in [7, 11) is 0. The standard InChI is InChI=1S/C17H28O8/c1-9(18)25-11(13(21)22)17(14(23)24,16(5,6)7)8-10(12(19)20)15(2,3)4/h10-11H,8H2,1-7H3,(H,19,20)(H,21,22)(H,23,24). The van der Waals surface area contributed by atoms with E-state index in [2.05, 4.69) is 0 Å². The van der Waals surface area contributed by atoms with E-state index in [-0.39, 0.29) is 0 Å². The first-order valence-corrected chi connectivity index (χ1v) is 7.84. The number of carbonyl (C=O) groups excluding carboxylic acids is 1. The molecule has 3 unspecified atom stereocenters. The molecular formula is C17H28O8. The second kappa shape index (κ2) is 7.41. The molecule has 0 rings (SSSR count). The quantitative estimate of drug-likeness (QED) is 0.588. The van der Waals surface area contributed by atoms with Crippen LogP contribution in [0.15, 0.2) is 0 Å². The summed E-state index contributed by atoms with van der Waals surface area (Å²) in [5.74, 6) is -6.52. The van der Waals surface area contributed by atoms with Gasteiger partial charge in [-0.2, -0.15) is 0 Å². The first-order chi connectivity index (χ1) is 11.0. The van der Waals surface area contributed by atoms with Crippen molar-refractivity contribution in [2.45, 2.75) is 61.0 Å². The fourth-order valence-electron chi connectivity index (χ4n) is 2.94. The van der Waals surface area contributed by atoms with E-state index in [9.17, 15) is 34.5 Å². The number of ether oxygens (including phenoxy) is 1. The van der Waals surface area contributed by atoms with Crippen LogP contribution < -0.4 is 0 Å². The molecule has 0 bridgehead atoms. The van der Waals surface area contributed by atoms with Crippen molar-refractivity contribution in [3.63, 3.8) is 0 Å². The van der Waals surface area contributed by atoms with Gasteiger partial charge in [0.25, 0.3) is 0 Å². The number of carbonyl (C=O) groups is 4. The predicted octanol–water partition coefficient (Wildman–Crippen LogP) is 2.26. The molecule has 0 heterocycles. The van der Waals surface area contributed by atoms with Crippen molar-refractivity contribution in [2.75, 3.05) is 0 Å². The maximum absolute atomic E-state index is 12.2. The molecule has 8 nitrogen and oxygen atoms in total. The molecule has 0 aliphatic rings. The Bertz CT molecular complexity index is 552. The number of aliphatic carboxylic acids is 3. The number of rotatable bonds is 7. The van der Waals surface area contributed by atoms with E-state index in [4.69, 9.17) is 4.74 Å². The van der Waals surface area contributed by atoms with Gasteiger partial charge in [0, 0.05) is 6.92 Å². The van der Waals surface area contributed by atoms with Crippen LogP contribution in [0.2, 0.25) is 0 Å². The van der Waals surface area contributed by atoms with Crippen molar-refractivity contribution in [1.29, 1.82) is 0 Å². The Morgan fingerprint density at radius 2 is 1.32 bits per heavy atom. The minimum atomic E-state index is -2.14. The molecule has 0 aromatic carbocycles. The molecule has 0 radical (unpaired) electrons. The minimum absolute atomic E-state index is 0.505. The van der Waals surface area contributed by atoms with Crippen LogP contribution in [-0.4, -0.2) is 45.3 Å². The van der Waals surface area contributed by atoms with Crippen LogP contribution in [0.3, 0.4) is 0 Å². The van der Waals surface area contributed by atoms with Crippen molar-refractivity contribution in [3.05, 3.63) is 0 Å². The van der Waals surface area contributed by atoms with Crippen LogP contribution in [0.1, 0.15) is 54.9 Å². The minimum Gasteiger partial charge on any atom is -0.481 e. The number of hydrogen-bond acceptors (Lipinski definition) is 5. The zero-order chi connectivity index (χ0) is 20.4. The average Bonchev–Trinajstić information content (AvgIpc) is 2.33. The average molecular weight is 360 g/mol. The van der Waals surface area contributed by atoms with Crippen molar-refractivity contribution >= 4 is 23.9 Å². The zero-order valence-electron chi connectivity index (χ0n) is 15.7. The predicted molar refractivity (Wildman–Crippen MR) is 87.9 cm³/mol. The largest absolute Gasteiger partial charge is 0.481 e. The van der Waals surface area contributed by atoms with E-state index in [0.717, 1.165) is 6.92 Å². The fraction of sp³-hybridized carbons (Fsp3) is 0.765. The molecule has 3 N–H and O–H groups in total. The van der Waals surface area contributed by atoms with E-state index in [1.807, 2.05) is 0 Å². The Hall–Kier alpha value is -2.12. The molecule has 3 atom stereocenters. The van der Waals surface area contributed by atoms with Gasteiger partial charge in [0.05, 0.1) is 5.92 Å². The van der Waals surface area contributed by atoms with Crippen LogP contribution in [0, 0.1) is 22.2 Å². The Labute approximate surface area is 147 Å². The second-order valence-electron chi connectivity index (χ2n) is 8.32. The summed E-state index contributed by atoms with van der Waals surface area (Å²) in [5.41, 5.74) is -4.19. The van der Waals surface area contributed by atoms with Crippen LogP contribution >= 0.6 is 0 Å². The van der Waals surface area contributed by atoms with Crippen molar-refractivity contribution in [3.8, 4) is 0 Å². The van der Waals surface area contributed by atoms with Crippen LogP contribution in [-0.2, 0) is 23.9 Å². The number of esters is 1. The Morgan fingerprint density at radius 3 is 1.52 bits per heavy atom. The molecule has 144 valence electrons. The van der Waals surface area contributed by atoms with E-state index in [0.29, 0.717) is 0 Å². The molecule has 0 aliphatic heterocycles. The molecule has 0 amide bonds. The van der Waals surface area contributed by atoms with Gasteiger partial charge >= 0.3 is 23.9 Å². The summed E-state index contributed by atoms with van der Waals surface area (Å²) in [6, 6.07) is 0. The lowest BCUT2D eigenvalue weighted by Crippen LogP contribution is -2.58. The zero-order valence-corrected chi connectivity index (χ0v) is 15.7. The molecule has 0 aromatic heterocycles. The molecular weight excluding hydrogens is 332 g/mol.